The van der Waals surface area contributed by atoms with E-state index in [2.05, 4.69) is 0 Å². The molecule has 0 radical (unpaired) electrons. The van der Waals surface area contributed by atoms with Crippen LogP contribution in [0.3, 0.4) is 0 Å². The molecule has 0 aliphatic carbocycles. The summed E-state index contributed by atoms with van der Waals surface area (Å²) in [6, 6.07) is 6.99. The molecule has 19 heavy (non-hydrogen) atoms. The van der Waals surface area contributed by atoms with Gasteiger partial charge in [-0.1, -0.05) is 24.4 Å². The number of rotatable bonds is 7. The molecule has 0 atom stereocenters. The van der Waals surface area contributed by atoms with Gasteiger partial charge in [-0.3, -0.25) is 4.79 Å². The van der Waals surface area contributed by atoms with Crippen molar-refractivity contribution in [3.05, 3.63) is 35.4 Å². The Morgan fingerprint density at radius 1 is 1.21 bits per heavy atom. The molecule has 0 fully saturated rings. The third-order valence-corrected chi connectivity index (χ3v) is 3.15. The Morgan fingerprint density at radius 2 is 1.79 bits per heavy atom. The fourth-order valence-electron chi connectivity index (χ4n) is 1.74. The number of aliphatic hydroxyl groups is 1. The molecular formula is C14H20N2O2S. The van der Waals surface area contributed by atoms with Gasteiger partial charge in [0.15, 0.2) is 0 Å². The first kappa shape index (κ1) is 15.6. The van der Waals surface area contributed by atoms with E-state index >= 15 is 0 Å². The molecule has 1 amide bonds. The maximum atomic E-state index is 12.1. The fraction of sp³-hybridized carbons (Fsp3) is 0.429. The van der Waals surface area contributed by atoms with Crippen LogP contribution in [-0.2, 0) is 0 Å². The number of hydrogen-bond acceptors (Lipinski definition) is 3. The van der Waals surface area contributed by atoms with Gasteiger partial charge in [0.05, 0.1) is 0 Å². The van der Waals surface area contributed by atoms with Crippen molar-refractivity contribution >= 4 is 23.1 Å². The quantitative estimate of drug-likeness (QED) is 0.587. The minimum Gasteiger partial charge on any atom is -0.396 e. The van der Waals surface area contributed by atoms with Crippen LogP contribution in [0.2, 0.25) is 0 Å². The maximum Gasteiger partial charge on any atom is 0.253 e. The first-order valence-electron chi connectivity index (χ1n) is 6.32. The average molecular weight is 280 g/mol. The van der Waals surface area contributed by atoms with Crippen LogP contribution in [0, 0.1) is 0 Å². The molecule has 0 saturated carbocycles. The highest BCUT2D eigenvalue weighted by atomic mass is 32.1. The molecule has 104 valence electrons. The molecule has 0 aliphatic heterocycles. The van der Waals surface area contributed by atoms with Gasteiger partial charge in [0.25, 0.3) is 5.91 Å². The smallest absolute Gasteiger partial charge is 0.253 e. The zero-order chi connectivity index (χ0) is 14.3. The van der Waals surface area contributed by atoms with Gasteiger partial charge in [0, 0.05) is 31.3 Å². The predicted molar refractivity (Wildman–Crippen MR) is 80.2 cm³/mol. The molecule has 1 aromatic rings. The van der Waals surface area contributed by atoms with E-state index in [0.717, 1.165) is 24.8 Å². The van der Waals surface area contributed by atoms with Gasteiger partial charge in [0.2, 0.25) is 0 Å². The Kier molecular flexibility index (Phi) is 6.45. The second kappa shape index (κ2) is 7.86. The minimum atomic E-state index is -0.0153. The lowest BCUT2D eigenvalue weighted by Crippen LogP contribution is -2.27. The number of carbonyl (C=O) groups excluding carboxylic acids is 1. The molecule has 0 spiro atoms. The van der Waals surface area contributed by atoms with Crippen molar-refractivity contribution in [3.8, 4) is 0 Å². The van der Waals surface area contributed by atoms with E-state index in [1.54, 1.807) is 36.2 Å². The summed E-state index contributed by atoms with van der Waals surface area (Å²) in [5.41, 5.74) is 6.90. The van der Waals surface area contributed by atoms with E-state index in [9.17, 15) is 4.79 Å². The van der Waals surface area contributed by atoms with Crippen LogP contribution >= 0.6 is 12.2 Å². The van der Waals surface area contributed by atoms with E-state index in [1.165, 1.54) is 0 Å². The van der Waals surface area contributed by atoms with Crippen LogP contribution in [0.5, 0.6) is 0 Å². The van der Waals surface area contributed by atoms with E-state index in [-0.39, 0.29) is 12.5 Å². The monoisotopic (exact) mass is 280 g/mol. The van der Waals surface area contributed by atoms with Crippen LogP contribution in [0.15, 0.2) is 24.3 Å². The maximum absolute atomic E-state index is 12.1. The molecule has 0 aliphatic rings. The van der Waals surface area contributed by atoms with Crippen LogP contribution in [0.4, 0.5) is 0 Å². The van der Waals surface area contributed by atoms with Crippen LogP contribution in [0.1, 0.15) is 35.2 Å². The van der Waals surface area contributed by atoms with Gasteiger partial charge in [0.1, 0.15) is 4.99 Å². The lowest BCUT2D eigenvalue weighted by molar-refractivity contribution is 0.0792. The molecule has 5 heteroatoms. The Morgan fingerprint density at radius 3 is 2.32 bits per heavy atom. The second-order valence-corrected chi connectivity index (χ2v) is 4.89. The summed E-state index contributed by atoms with van der Waals surface area (Å²) in [5.74, 6) is -0.0153. The van der Waals surface area contributed by atoms with E-state index in [4.69, 9.17) is 23.1 Å². The number of carbonyl (C=O) groups is 1. The van der Waals surface area contributed by atoms with Crippen molar-refractivity contribution in [2.75, 3.05) is 20.2 Å². The predicted octanol–water partition coefficient (Wildman–Crippen LogP) is 1.56. The molecule has 0 unspecified atom stereocenters. The number of unbranched alkanes of at least 4 members (excludes halogenated alkanes) is 2. The van der Waals surface area contributed by atoms with E-state index < -0.39 is 0 Å². The first-order valence-corrected chi connectivity index (χ1v) is 6.73. The topological polar surface area (TPSA) is 66.6 Å². The highest BCUT2D eigenvalue weighted by molar-refractivity contribution is 7.80. The molecule has 0 heterocycles. The second-order valence-electron chi connectivity index (χ2n) is 4.45. The highest BCUT2D eigenvalue weighted by Gasteiger charge is 2.11. The summed E-state index contributed by atoms with van der Waals surface area (Å²) in [4.78, 5) is 14.1. The van der Waals surface area contributed by atoms with Crippen molar-refractivity contribution in [1.29, 1.82) is 0 Å². The molecule has 1 rings (SSSR count). The normalized spacial score (nSPS) is 10.2. The molecule has 3 N–H and O–H groups in total. The zero-order valence-electron chi connectivity index (χ0n) is 11.1. The summed E-state index contributed by atoms with van der Waals surface area (Å²) in [7, 11) is 1.78. The Balaban J connectivity index is 2.54. The Labute approximate surface area is 119 Å². The molecule has 0 saturated heterocycles. The SMILES string of the molecule is CN(CCCCCO)C(=O)c1ccc(C(N)=S)cc1. The number of aliphatic hydroxyl groups excluding tert-OH is 1. The third-order valence-electron chi connectivity index (χ3n) is 2.91. The van der Waals surface area contributed by atoms with Crippen molar-refractivity contribution in [2.45, 2.75) is 19.3 Å². The van der Waals surface area contributed by atoms with Gasteiger partial charge in [-0.05, 0) is 31.4 Å². The zero-order valence-corrected chi connectivity index (χ0v) is 11.9. The third kappa shape index (κ3) is 4.96. The largest absolute Gasteiger partial charge is 0.396 e. The fourth-order valence-corrected chi connectivity index (χ4v) is 1.87. The van der Waals surface area contributed by atoms with Crippen LogP contribution in [0.25, 0.3) is 0 Å². The van der Waals surface area contributed by atoms with Crippen molar-refractivity contribution in [2.24, 2.45) is 5.73 Å². The van der Waals surface area contributed by atoms with Crippen molar-refractivity contribution in [1.82, 2.24) is 4.90 Å². The summed E-state index contributed by atoms with van der Waals surface area (Å²) >= 11 is 4.87. The minimum absolute atomic E-state index is 0.0153. The van der Waals surface area contributed by atoms with Crippen LogP contribution in [-0.4, -0.2) is 41.1 Å². The van der Waals surface area contributed by atoms with Crippen molar-refractivity contribution < 1.29 is 9.90 Å². The number of hydrogen-bond donors (Lipinski definition) is 2. The van der Waals surface area contributed by atoms with Crippen molar-refractivity contribution in [3.63, 3.8) is 0 Å². The highest BCUT2D eigenvalue weighted by Crippen LogP contribution is 2.08. The molecule has 1 aromatic carbocycles. The number of nitrogens with zero attached hydrogens (tertiary/aromatic N) is 1. The van der Waals surface area contributed by atoms with Gasteiger partial charge < -0.3 is 15.7 Å². The Hall–Kier alpha value is -1.46. The Bertz CT molecular complexity index is 432. The summed E-state index contributed by atoms with van der Waals surface area (Å²) in [5, 5.41) is 8.69. The lowest BCUT2D eigenvalue weighted by Gasteiger charge is -2.17. The standard InChI is InChI=1S/C14H20N2O2S/c1-16(9-3-2-4-10-17)14(18)12-7-5-11(6-8-12)13(15)19/h5-8,17H,2-4,9-10H2,1H3,(H2,15,19). The number of benzene rings is 1. The first-order chi connectivity index (χ1) is 9.06. The van der Waals surface area contributed by atoms with Gasteiger partial charge in [-0.15, -0.1) is 0 Å². The molecule has 0 aromatic heterocycles. The van der Waals surface area contributed by atoms with E-state index in [1.807, 2.05) is 0 Å². The molecule has 0 bridgehead atoms. The summed E-state index contributed by atoms with van der Waals surface area (Å²) in [6.45, 7) is 0.897. The number of nitrogens with two attached hydrogens (primary N) is 1. The van der Waals surface area contributed by atoms with E-state index in [0.29, 0.717) is 17.1 Å². The summed E-state index contributed by atoms with van der Waals surface area (Å²) < 4.78 is 0. The van der Waals surface area contributed by atoms with Gasteiger partial charge in [-0.25, -0.2) is 0 Å². The van der Waals surface area contributed by atoms with Crippen LogP contribution < -0.4 is 5.73 Å². The molecule has 4 nitrogen and oxygen atoms in total. The lowest BCUT2D eigenvalue weighted by atomic mass is 10.1. The average Bonchev–Trinajstić information content (AvgIpc) is 2.42. The number of thiocarbonyl (C=S) groups is 1. The number of amides is 1. The van der Waals surface area contributed by atoms with Gasteiger partial charge in [-0.2, -0.15) is 0 Å². The van der Waals surface area contributed by atoms with Gasteiger partial charge >= 0.3 is 0 Å². The molecular weight excluding hydrogens is 260 g/mol. The summed E-state index contributed by atoms with van der Waals surface area (Å²) in [6.07, 6.45) is 2.60.